The van der Waals surface area contributed by atoms with E-state index in [9.17, 15) is 4.79 Å². The van der Waals surface area contributed by atoms with Crippen molar-refractivity contribution in [3.63, 3.8) is 0 Å². The molecule has 0 spiro atoms. The lowest BCUT2D eigenvalue weighted by Crippen LogP contribution is -2.18. The first-order chi connectivity index (χ1) is 15.6. The summed E-state index contributed by atoms with van der Waals surface area (Å²) in [6, 6.07) is 17.1. The van der Waals surface area contributed by atoms with E-state index in [1.165, 1.54) is 11.6 Å². The van der Waals surface area contributed by atoms with E-state index in [1.54, 1.807) is 13.3 Å². The number of aromatic nitrogens is 1. The lowest BCUT2D eigenvalue weighted by molar-refractivity contribution is 0.242. The summed E-state index contributed by atoms with van der Waals surface area (Å²) in [7, 11) is 1.63. The lowest BCUT2D eigenvalue weighted by Gasteiger charge is -2.15. The van der Waals surface area contributed by atoms with Gasteiger partial charge < -0.3 is 23.5 Å². The van der Waals surface area contributed by atoms with Crippen molar-refractivity contribution in [1.82, 2.24) is 4.57 Å². The molecule has 0 aliphatic rings. The Hall–Kier alpha value is -3.41. The largest absolute Gasteiger partial charge is 0.497 e. The first kappa shape index (κ1) is 23.3. The van der Waals surface area contributed by atoms with Gasteiger partial charge in [-0.1, -0.05) is 19.1 Å². The van der Waals surface area contributed by atoms with Gasteiger partial charge in [-0.3, -0.25) is 4.79 Å². The second-order valence-electron chi connectivity index (χ2n) is 7.36. The summed E-state index contributed by atoms with van der Waals surface area (Å²) in [5.74, 6) is 2.78. The van der Waals surface area contributed by atoms with E-state index >= 15 is 0 Å². The van der Waals surface area contributed by atoms with Crippen LogP contribution < -0.4 is 24.4 Å². The highest BCUT2D eigenvalue weighted by Gasteiger charge is 2.09. The van der Waals surface area contributed by atoms with Crippen LogP contribution in [-0.4, -0.2) is 31.5 Å². The van der Waals surface area contributed by atoms with E-state index in [1.807, 2.05) is 47.9 Å². The highest BCUT2D eigenvalue weighted by atomic mass is 16.5. The van der Waals surface area contributed by atoms with E-state index in [0.29, 0.717) is 38.5 Å². The second kappa shape index (κ2) is 11.8. The molecular weight excluding hydrogens is 406 g/mol. The number of nitrogens with zero attached hydrogens (tertiary/aromatic N) is 1. The fourth-order valence-electron chi connectivity index (χ4n) is 3.25. The van der Waals surface area contributed by atoms with Gasteiger partial charge in [0.05, 0.1) is 32.6 Å². The molecule has 0 radical (unpaired) electrons. The summed E-state index contributed by atoms with van der Waals surface area (Å²) >= 11 is 0. The first-order valence-electron chi connectivity index (χ1n) is 10.9. The zero-order chi connectivity index (χ0) is 22.8. The summed E-state index contributed by atoms with van der Waals surface area (Å²) in [5, 5.41) is 0. The Morgan fingerprint density at radius 3 is 2.03 bits per heavy atom. The van der Waals surface area contributed by atoms with Crippen molar-refractivity contribution >= 4 is 0 Å². The number of methoxy groups -OCH3 is 1. The van der Waals surface area contributed by atoms with Crippen LogP contribution in [0.3, 0.4) is 0 Å². The maximum Gasteiger partial charge on any atom is 0.223 e. The van der Waals surface area contributed by atoms with Crippen LogP contribution in [0, 0.1) is 6.92 Å². The second-order valence-corrected chi connectivity index (χ2v) is 7.36. The monoisotopic (exact) mass is 437 g/mol. The third-order valence-corrected chi connectivity index (χ3v) is 5.18. The van der Waals surface area contributed by atoms with Crippen LogP contribution in [0.4, 0.5) is 0 Å². The van der Waals surface area contributed by atoms with Gasteiger partial charge in [-0.05, 0) is 55.3 Å². The normalized spacial score (nSPS) is 10.6. The summed E-state index contributed by atoms with van der Waals surface area (Å²) < 4.78 is 24.5. The summed E-state index contributed by atoms with van der Waals surface area (Å²) in [5.41, 5.74) is 1.95. The van der Waals surface area contributed by atoms with E-state index in [2.05, 4.69) is 19.1 Å². The van der Waals surface area contributed by atoms with Crippen molar-refractivity contribution < 1.29 is 18.9 Å². The van der Waals surface area contributed by atoms with Crippen LogP contribution >= 0.6 is 0 Å². The van der Waals surface area contributed by atoms with Crippen LogP contribution in [0.1, 0.15) is 24.6 Å². The Balaban J connectivity index is 1.46. The molecule has 0 saturated carbocycles. The Labute approximate surface area is 189 Å². The quantitative estimate of drug-likeness (QED) is 0.386. The van der Waals surface area contributed by atoms with Crippen molar-refractivity contribution in [3.8, 4) is 23.0 Å². The molecule has 0 N–H and O–H groups in total. The SMILES string of the molecule is CCc1ccc(OCCCOc2c(C)n(CCOc3ccc(OC)cc3)ccc2=O)cc1. The number of aryl methyl sites for hydroxylation is 1. The van der Waals surface area contributed by atoms with Crippen molar-refractivity contribution in [3.05, 3.63) is 82.3 Å². The predicted octanol–water partition coefficient (Wildman–Crippen LogP) is 4.65. The topological polar surface area (TPSA) is 58.9 Å². The van der Waals surface area contributed by atoms with Crippen LogP contribution in [0.15, 0.2) is 65.6 Å². The minimum absolute atomic E-state index is 0.120. The molecule has 3 rings (SSSR count). The molecule has 1 heterocycles. The van der Waals surface area contributed by atoms with Gasteiger partial charge in [0.2, 0.25) is 5.43 Å². The van der Waals surface area contributed by atoms with Gasteiger partial charge in [-0.2, -0.15) is 0 Å². The lowest BCUT2D eigenvalue weighted by atomic mass is 10.2. The molecule has 3 aromatic rings. The fraction of sp³-hybridized carbons (Fsp3) is 0.346. The number of ether oxygens (including phenoxy) is 4. The average molecular weight is 438 g/mol. The molecule has 0 amide bonds. The third-order valence-electron chi connectivity index (χ3n) is 5.18. The molecular formula is C26H31NO5. The molecule has 6 heteroatoms. The molecule has 0 unspecified atom stereocenters. The van der Waals surface area contributed by atoms with E-state index < -0.39 is 0 Å². The van der Waals surface area contributed by atoms with E-state index in [4.69, 9.17) is 18.9 Å². The highest BCUT2D eigenvalue weighted by Crippen LogP contribution is 2.18. The molecule has 0 bridgehead atoms. The molecule has 32 heavy (non-hydrogen) atoms. The maximum absolute atomic E-state index is 12.3. The molecule has 2 aromatic carbocycles. The summed E-state index contributed by atoms with van der Waals surface area (Å²) in [6.07, 6.45) is 3.46. The number of benzene rings is 2. The first-order valence-corrected chi connectivity index (χ1v) is 10.9. The molecule has 0 atom stereocenters. The maximum atomic E-state index is 12.3. The van der Waals surface area contributed by atoms with Gasteiger partial charge >= 0.3 is 0 Å². The van der Waals surface area contributed by atoms with E-state index in [-0.39, 0.29) is 5.43 Å². The Morgan fingerprint density at radius 1 is 0.781 bits per heavy atom. The van der Waals surface area contributed by atoms with Gasteiger partial charge in [0.25, 0.3) is 0 Å². The van der Waals surface area contributed by atoms with Crippen molar-refractivity contribution in [1.29, 1.82) is 0 Å². The average Bonchev–Trinajstić information content (AvgIpc) is 2.83. The number of pyridine rings is 1. The predicted molar refractivity (Wildman–Crippen MR) is 125 cm³/mol. The zero-order valence-corrected chi connectivity index (χ0v) is 19.0. The van der Waals surface area contributed by atoms with Gasteiger partial charge in [0.1, 0.15) is 23.9 Å². The molecule has 0 aliphatic carbocycles. The van der Waals surface area contributed by atoms with Crippen molar-refractivity contribution in [2.45, 2.75) is 33.2 Å². The number of hydrogen-bond donors (Lipinski definition) is 0. The standard InChI is InChI=1S/C26H31NO5/c1-4-21-6-8-23(9-7-21)30-17-5-18-32-26-20(2)27(15-14-25(26)28)16-19-31-24-12-10-22(29-3)11-13-24/h6-15H,4-5,16-19H2,1-3H3. The highest BCUT2D eigenvalue weighted by molar-refractivity contribution is 5.31. The molecule has 0 saturated heterocycles. The Morgan fingerprint density at radius 2 is 1.38 bits per heavy atom. The Bertz CT molecular complexity index is 1030. The smallest absolute Gasteiger partial charge is 0.223 e. The Kier molecular flexibility index (Phi) is 8.61. The number of hydrogen-bond acceptors (Lipinski definition) is 5. The molecule has 0 aliphatic heterocycles. The summed E-state index contributed by atoms with van der Waals surface area (Å²) in [6.45, 7) is 6.03. The van der Waals surface area contributed by atoms with Gasteiger partial charge in [-0.15, -0.1) is 0 Å². The third kappa shape index (κ3) is 6.54. The molecule has 6 nitrogen and oxygen atoms in total. The van der Waals surface area contributed by atoms with Gasteiger partial charge in [-0.25, -0.2) is 0 Å². The van der Waals surface area contributed by atoms with Crippen molar-refractivity contribution in [2.24, 2.45) is 0 Å². The molecule has 1 aromatic heterocycles. The number of rotatable bonds is 12. The fourth-order valence-corrected chi connectivity index (χ4v) is 3.25. The van der Waals surface area contributed by atoms with Crippen LogP contribution in [0.25, 0.3) is 0 Å². The minimum Gasteiger partial charge on any atom is -0.497 e. The minimum atomic E-state index is -0.120. The van der Waals surface area contributed by atoms with E-state index in [0.717, 1.165) is 29.4 Å². The zero-order valence-electron chi connectivity index (χ0n) is 19.0. The van der Waals surface area contributed by atoms with Gasteiger partial charge in [0.15, 0.2) is 5.75 Å². The van der Waals surface area contributed by atoms with Gasteiger partial charge in [0, 0.05) is 18.7 Å². The molecule has 0 fully saturated rings. The van der Waals surface area contributed by atoms with Crippen LogP contribution in [-0.2, 0) is 13.0 Å². The van der Waals surface area contributed by atoms with Crippen molar-refractivity contribution in [2.75, 3.05) is 26.9 Å². The summed E-state index contributed by atoms with van der Waals surface area (Å²) in [4.78, 5) is 12.3. The van der Waals surface area contributed by atoms with Crippen LogP contribution in [0.5, 0.6) is 23.0 Å². The van der Waals surface area contributed by atoms with Crippen LogP contribution in [0.2, 0.25) is 0 Å². The molecule has 170 valence electrons.